The third-order valence-electron chi connectivity index (χ3n) is 3.43. The Hall–Kier alpha value is -0.650. The molecule has 2 unspecified atom stereocenters. The summed E-state index contributed by atoms with van der Waals surface area (Å²) in [6.45, 7) is 3.95. The summed E-state index contributed by atoms with van der Waals surface area (Å²) in [6, 6.07) is -0.210. The first kappa shape index (κ1) is 14.4. The van der Waals surface area contributed by atoms with Crippen LogP contribution in [0.1, 0.15) is 19.3 Å². The fourth-order valence-electron chi connectivity index (χ4n) is 2.47. The summed E-state index contributed by atoms with van der Waals surface area (Å²) < 4.78 is 5.20. The second-order valence-corrected chi connectivity index (χ2v) is 4.80. The Bertz CT molecular complexity index is 234. The van der Waals surface area contributed by atoms with Crippen LogP contribution >= 0.6 is 0 Å². The summed E-state index contributed by atoms with van der Waals surface area (Å²) in [5.41, 5.74) is 5.30. The lowest BCUT2D eigenvalue weighted by Crippen LogP contribution is -2.44. The number of piperidine rings is 1. The molecule has 0 aromatic rings. The number of hydrogen-bond donors (Lipinski definition) is 2. The van der Waals surface area contributed by atoms with Gasteiger partial charge in [0, 0.05) is 20.2 Å². The number of amides is 1. The molecule has 0 aliphatic carbocycles. The van der Waals surface area contributed by atoms with Gasteiger partial charge in [-0.05, 0) is 38.8 Å². The van der Waals surface area contributed by atoms with Gasteiger partial charge in [-0.25, -0.2) is 0 Å². The van der Waals surface area contributed by atoms with Gasteiger partial charge in [-0.3, -0.25) is 4.79 Å². The fourth-order valence-corrected chi connectivity index (χ4v) is 2.47. The molecule has 0 aromatic carbocycles. The Balaban J connectivity index is 2.28. The van der Waals surface area contributed by atoms with Gasteiger partial charge >= 0.3 is 0 Å². The SMILES string of the molecule is CNC(CCN1CCCC(COC)C1)C(N)=O. The van der Waals surface area contributed by atoms with E-state index in [0.29, 0.717) is 5.92 Å². The number of carbonyl (C=O) groups excluding carboxylic acids is 1. The van der Waals surface area contributed by atoms with Crippen LogP contribution in [-0.4, -0.2) is 57.2 Å². The molecule has 0 aromatic heterocycles. The quantitative estimate of drug-likeness (QED) is 0.650. The number of hydrogen-bond acceptors (Lipinski definition) is 4. The molecule has 0 radical (unpaired) electrons. The van der Waals surface area contributed by atoms with Crippen molar-refractivity contribution < 1.29 is 9.53 Å². The molecule has 2 atom stereocenters. The number of nitrogens with zero attached hydrogens (tertiary/aromatic N) is 1. The number of methoxy groups -OCH3 is 1. The standard InChI is InChI=1S/C12H25N3O2/c1-14-11(12(13)16)5-7-15-6-3-4-10(8-15)9-17-2/h10-11,14H,3-9H2,1-2H3,(H2,13,16). The van der Waals surface area contributed by atoms with Gasteiger partial charge in [-0.1, -0.05) is 0 Å². The van der Waals surface area contributed by atoms with E-state index in [9.17, 15) is 4.79 Å². The maximum absolute atomic E-state index is 11.1. The second-order valence-electron chi connectivity index (χ2n) is 4.80. The van der Waals surface area contributed by atoms with Crippen molar-refractivity contribution in [3.8, 4) is 0 Å². The number of likely N-dealkylation sites (N-methyl/N-ethyl adjacent to an activating group) is 1. The number of ether oxygens (including phenoxy) is 1. The molecule has 100 valence electrons. The number of primary amides is 1. The van der Waals surface area contributed by atoms with Gasteiger partial charge in [0.05, 0.1) is 12.6 Å². The molecule has 17 heavy (non-hydrogen) atoms. The zero-order valence-electron chi connectivity index (χ0n) is 10.9. The zero-order chi connectivity index (χ0) is 12.7. The van der Waals surface area contributed by atoms with Crippen LogP contribution in [0.2, 0.25) is 0 Å². The fraction of sp³-hybridized carbons (Fsp3) is 0.917. The summed E-state index contributed by atoms with van der Waals surface area (Å²) >= 11 is 0. The van der Waals surface area contributed by atoms with Crippen molar-refractivity contribution in [1.29, 1.82) is 0 Å². The van der Waals surface area contributed by atoms with Crippen LogP contribution < -0.4 is 11.1 Å². The molecule has 1 heterocycles. The number of carbonyl (C=O) groups is 1. The van der Waals surface area contributed by atoms with Crippen molar-refractivity contribution in [3.05, 3.63) is 0 Å². The van der Waals surface area contributed by atoms with Crippen LogP contribution in [-0.2, 0) is 9.53 Å². The first-order chi connectivity index (χ1) is 8.17. The molecule has 1 saturated heterocycles. The number of rotatable bonds is 7. The van der Waals surface area contributed by atoms with Crippen molar-refractivity contribution in [2.75, 3.05) is 40.4 Å². The maximum Gasteiger partial charge on any atom is 0.234 e. The number of likely N-dealkylation sites (tertiary alicyclic amines) is 1. The molecule has 1 amide bonds. The van der Waals surface area contributed by atoms with Crippen LogP contribution in [0.25, 0.3) is 0 Å². The summed E-state index contributed by atoms with van der Waals surface area (Å²) in [5, 5.41) is 2.95. The topological polar surface area (TPSA) is 67.6 Å². The van der Waals surface area contributed by atoms with Crippen molar-refractivity contribution in [3.63, 3.8) is 0 Å². The molecular weight excluding hydrogens is 218 g/mol. The van der Waals surface area contributed by atoms with E-state index in [1.807, 2.05) is 0 Å². The third kappa shape index (κ3) is 5.02. The molecule has 0 spiro atoms. The highest BCUT2D eigenvalue weighted by Crippen LogP contribution is 2.16. The molecule has 1 fully saturated rings. The van der Waals surface area contributed by atoms with Crippen molar-refractivity contribution >= 4 is 5.91 Å². The lowest BCUT2D eigenvalue weighted by atomic mass is 9.98. The van der Waals surface area contributed by atoms with E-state index < -0.39 is 0 Å². The van der Waals surface area contributed by atoms with Crippen molar-refractivity contribution in [1.82, 2.24) is 10.2 Å². The lowest BCUT2D eigenvalue weighted by molar-refractivity contribution is -0.120. The summed E-state index contributed by atoms with van der Waals surface area (Å²) in [4.78, 5) is 13.5. The highest BCUT2D eigenvalue weighted by atomic mass is 16.5. The normalized spacial score (nSPS) is 23.5. The number of nitrogens with one attached hydrogen (secondary N) is 1. The predicted octanol–water partition coefficient (Wildman–Crippen LogP) is -0.192. The van der Waals surface area contributed by atoms with Gasteiger partial charge in [0.1, 0.15) is 0 Å². The van der Waals surface area contributed by atoms with E-state index in [-0.39, 0.29) is 11.9 Å². The van der Waals surface area contributed by atoms with Crippen molar-refractivity contribution in [2.24, 2.45) is 11.7 Å². The van der Waals surface area contributed by atoms with Crippen LogP contribution in [0.4, 0.5) is 0 Å². The van der Waals surface area contributed by atoms with Crippen LogP contribution in [0, 0.1) is 5.92 Å². The monoisotopic (exact) mass is 243 g/mol. The Morgan fingerprint density at radius 3 is 3.00 bits per heavy atom. The number of nitrogens with two attached hydrogens (primary N) is 1. The van der Waals surface area contributed by atoms with Crippen molar-refractivity contribution in [2.45, 2.75) is 25.3 Å². The Labute approximate surface area is 104 Å². The lowest BCUT2D eigenvalue weighted by Gasteiger charge is -2.32. The van der Waals surface area contributed by atoms with Gasteiger partial charge < -0.3 is 20.7 Å². The minimum Gasteiger partial charge on any atom is -0.384 e. The van der Waals surface area contributed by atoms with E-state index >= 15 is 0 Å². The molecule has 0 saturated carbocycles. The minimum atomic E-state index is -0.266. The largest absolute Gasteiger partial charge is 0.384 e. The van der Waals surface area contributed by atoms with Gasteiger partial charge in [0.2, 0.25) is 5.91 Å². The van der Waals surface area contributed by atoms with Crippen LogP contribution in [0.3, 0.4) is 0 Å². The molecule has 1 rings (SSSR count). The summed E-state index contributed by atoms with van der Waals surface area (Å²) in [6.07, 6.45) is 3.25. The van der Waals surface area contributed by atoms with Gasteiger partial charge in [-0.2, -0.15) is 0 Å². The predicted molar refractivity (Wildman–Crippen MR) is 67.7 cm³/mol. The third-order valence-corrected chi connectivity index (χ3v) is 3.43. The van der Waals surface area contributed by atoms with Gasteiger partial charge in [0.25, 0.3) is 0 Å². The molecular formula is C12H25N3O2. The average molecular weight is 243 g/mol. The van der Waals surface area contributed by atoms with E-state index in [0.717, 1.165) is 32.7 Å². The molecule has 0 bridgehead atoms. The Morgan fingerprint density at radius 2 is 2.41 bits per heavy atom. The molecule has 1 aliphatic rings. The minimum absolute atomic E-state index is 0.210. The van der Waals surface area contributed by atoms with Crippen LogP contribution in [0.5, 0.6) is 0 Å². The maximum atomic E-state index is 11.1. The van der Waals surface area contributed by atoms with Gasteiger partial charge in [0.15, 0.2) is 0 Å². The first-order valence-corrected chi connectivity index (χ1v) is 6.35. The highest BCUT2D eigenvalue weighted by molar-refractivity contribution is 5.79. The first-order valence-electron chi connectivity index (χ1n) is 6.35. The van der Waals surface area contributed by atoms with Gasteiger partial charge in [-0.15, -0.1) is 0 Å². The van der Waals surface area contributed by atoms with Crippen LogP contribution in [0.15, 0.2) is 0 Å². The smallest absolute Gasteiger partial charge is 0.234 e. The second kappa shape index (κ2) is 7.63. The molecule has 3 N–H and O–H groups in total. The Morgan fingerprint density at radius 1 is 1.65 bits per heavy atom. The highest BCUT2D eigenvalue weighted by Gasteiger charge is 2.21. The van der Waals surface area contributed by atoms with E-state index in [1.54, 1.807) is 14.2 Å². The van der Waals surface area contributed by atoms with E-state index in [2.05, 4.69) is 10.2 Å². The average Bonchev–Trinajstić information content (AvgIpc) is 2.30. The molecule has 5 heteroatoms. The summed E-state index contributed by atoms with van der Waals surface area (Å²) in [5.74, 6) is 0.369. The van der Waals surface area contributed by atoms with E-state index in [4.69, 9.17) is 10.5 Å². The molecule has 1 aliphatic heterocycles. The Kier molecular flexibility index (Phi) is 6.47. The zero-order valence-corrected chi connectivity index (χ0v) is 10.9. The van der Waals surface area contributed by atoms with E-state index in [1.165, 1.54) is 12.8 Å². The summed E-state index contributed by atoms with van der Waals surface area (Å²) in [7, 11) is 3.53. The molecule has 5 nitrogen and oxygen atoms in total.